The molecule has 0 aliphatic rings. The zero-order chi connectivity index (χ0) is 10.0. The van der Waals surface area contributed by atoms with Gasteiger partial charge in [-0.15, -0.1) is 0 Å². The summed E-state index contributed by atoms with van der Waals surface area (Å²) in [6.45, 7) is 0. The first-order valence-corrected chi connectivity index (χ1v) is 3.94. The summed E-state index contributed by atoms with van der Waals surface area (Å²) >= 11 is 2.80. The van der Waals surface area contributed by atoms with Crippen molar-refractivity contribution < 1.29 is 14.1 Å². The molecule has 6 heteroatoms. The van der Waals surface area contributed by atoms with Crippen molar-refractivity contribution >= 4 is 27.9 Å². The van der Waals surface area contributed by atoms with Crippen molar-refractivity contribution in [2.45, 2.75) is 0 Å². The fourth-order valence-electron chi connectivity index (χ4n) is 0.868. The Labute approximate surface area is 80.6 Å². The van der Waals surface area contributed by atoms with Gasteiger partial charge in [-0.3, -0.25) is 14.9 Å². The quantitative estimate of drug-likeness (QED) is 0.458. The van der Waals surface area contributed by atoms with Gasteiger partial charge in [0.15, 0.2) is 6.29 Å². The Kier molecular flexibility index (Phi) is 2.72. The average Bonchev–Trinajstić information content (AvgIpc) is 2.01. The number of nitro groups is 1. The summed E-state index contributed by atoms with van der Waals surface area (Å²) in [5, 5.41) is 10.4. The number of nitro benzene ring substituents is 1. The smallest absolute Gasteiger partial charge is 0.294 e. The van der Waals surface area contributed by atoms with Crippen LogP contribution in [0.1, 0.15) is 10.4 Å². The van der Waals surface area contributed by atoms with Gasteiger partial charge < -0.3 is 0 Å². The van der Waals surface area contributed by atoms with Crippen molar-refractivity contribution in [1.29, 1.82) is 0 Å². The van der Waals surface area contributed by atoms with Crippen molar-refractivity contribution in [2.75, 3.05) is 0 Å². The van der Waals surface area contributed by atoms with E-state index < -0.39 is 16.4 Å². The Balaban J connectivity index is 3.47. The highest BCUT2D eigenvalue weighted by atomic mass is 79.9. The number of aldehydes is 1. The molecule has 0 N–H and O–H groups in total. The monoisotopic (exact) mass is 247 g/mol. The minimum atomic E-state index is -0.743. The minimum Gasteiger partial charge on any atom is -0.298 e. The molecule has 0 atom stereocenters. The van der Waals surface area contributed by atoms with Crippen LogP contribution >= 0.6 is 15.9 Å². The summed E-state index contributed by atoms with van der Waals surface area (Å²) in [6.07, 6.45) is 0.242. The molecule has 1 aromatic carbocycles. The summed E-state index contributed by atoms with van der Waals surface area (Å²) in [5.41, 5.74) is -0.701. The topological polar surface area (TPSA) is 60.2 Å². The van der Waals surface area contributed by atoms with Gasteiger partial charge in [-0.1, -0.05) is 0 Å². The second kappa shape index (κ2) is 3.61. The molecule has 4 nitrogen and oxygen atoms in total. The number of halogens is 2. The summed E-state index contributed by atoms with van der Waals surface area (Å²) in [6, 6.07) is 1.75. The molecule has 0 bridgehead atoms. The second-order valence-corrected chi connectivity index (χ2v) is 3.05. The van der Waals surface area contributed by atoms with E-state index in [1.54, 1.807) is 0 Å². The molecule has 0 fully saturated rings. The van der Waals surface area contributed by atoms with Crippen LogP contribution < -0.4 is 0 Å². The number of carbonyl (C=O) groups excluding carboxylic acids is 1. The molecule has 68 valence electrons. The molecule has 0 aliphatic carbocycles. The van der Waals surface area contributed by atoms with Gasteiger partial charge in [-0.2, -0.15) is 0 Å². The zero-order valence-electron chi connectivity index (χ0n) is 6.16. The van der Waals surface area contributed by atoms with E-state index in [0.717, 1.165) is 12.1 Å². The first-order valence-electron chi connectivity index (χ1n) is 3.15. The van der Waals surface area contributed by atoms with E-state index in [1.807, 2.05) is 0 Å². The first kappa shape index (κ1) is 9.79. The molecule has 0 saturated heterocycles. The van der Waals surface area contributed by atoms with E-state index in [9.17, 15) is 19.3 Å². The zero-order valence-corrected chi connectivity index (χ0v) is 7.75. The van der Waals surface area contributed by atoms with Gasteiger partial charge in [-0.05, 0) is 28.1 Å². The van der Waals surface area contributed by atoms with Crippen molar-refractivity contribution in [3.8, 4) is 0 Å². The Morgan fingerprint density at radius 3 is 2.62 bits per heavy atom. The Bertz CT molecular complexity index is 380. The molecular weight excluding hydrogens is 245 g/mol. The number of hydrogen-bond donors (Lipinski definition) is 0. The van der Waals surface area contributed by atoms with Crippen LogP contribution in [0.25, 0.3) is 0 Å². The van der Waals surface area contributed by atoms with Gasteiger partial charge in [-0.25, -0.2) is 4.39 Å². The second-order valence-electron chi connectivity index (χ2n) is 2.20. The standard InChI is InChI=1S/C7H3BrFNO3/c8-6-2-5(9)1-4(3-11)7(6)10(12)13/h1-3H. The fourth-order valence-corrected chi connectivity index (χ4v) is 1.46. The van der Waals surface area contributed by atoms with Gasteiger partial charge in [0.1, 0.15) is 5.82 Å². The van der Waals surface area contributed by atoms with Crippen molar-refractivity contribution in [2.24, 2.45) is 0 Å². The van der Waals surface area contributed by atoms with Gasteiger partial charge in [0, 0.05) is 0 Å². The molecular formula is C7H3BrFNO3. The highest BCUT2D eigenvalue weighted by Gasteiger charge is 2.19. The molecule has 0 saturated carbocycles. The lowest BCUT2D eigenvalue weighted by molar-refractivity contribution is -0.385. The van der Waals surface area contributed by atoms with Crippen molar-refractivity contribution in [1.82, 2.24) is 0 Å². The molecule has 0 unspecified atom stereocenters. The van der Waals surface area contributed by atoms with Gasteiger partial charge in [0.25, 0.3) is 5.69 Å². The van der Waals surface area contributed by atoms with Crippen LogP contribution in [0.2, 0.25) is 0 Å². The van der Waals surface area contributed by atoms with Crippen LogP contribution in [0, 0.1) is 15.9 Å². The third kappa shape index (κ3) is 1.89. The molecule has 0 aliphatic heterocycles. The lowest BCUT2D eigenvalue weighted by Crippen LogP contribution is -1.96. The maximum atomic E-state index is 12.6. The minimum absolute atomic E-state index is 0.0420. The van der Waals surface area contributed by atoms with Gasteiger partial charge in [0.05, 0.1) is 15.0 Å². The lowest BCUT2D eigenvalue weighted by Gasteiger charge is -1.98. The van der Waals surface area contributed by atoms with Gasteiger partial charge >= 0.3 is 0 Å². The van der Waals surface area contributed by atoms with E-state index in [-0.39, 0.29) is 16.3 Å². The van der Waals surface area contributed by atoms with E-state index in [4.69, 9.17) is 0 Å². The maximum Gasteiger partial charge on any atom is 0.294 e. The number of nitrogens with zero attached hydrogens (tertiary/aromatic N) is 1. The molecule has 1 rings (SSSR count). The van der Waals surface area contributed by atoms with Crippen molar-refractivity contribution in [3.63, 3.8) is 0 Å². The average molecular weight is 248 g/mol. The molecule has 1 aromatic rings. The third-order valence-electron chi connectivity index (χ3n) is 1.37. The van der Waals surface area contributed by atoms with E-state index in [1.165, 1.54) is 0 Å². The SMILES string of the molecule is O=Cc1cc(F)cc(Br)c1[N+](=O)[O-]. The van der Waals surface area contributed by atoms with Crippen molar-refractivity contribution in [3.05, 3.63) is 38.1 Å². The third-order valence-corrected chi connectivity index (χ3v) is 1.97. The van der Waals surface area contributed by atoms with Crippen LogP contribution in [0.15, 0.2) is 16.6 Å². The van der Waals surface area contributed by atoms with Crippen LogP contribution in [0.3, 0.4) is 0 Å². The van der Waals surface area contributed by atoms with E-state index >= 15 is 0 Å². The highest BCUT2D eigenvalue weighted by molar-refractivity contribution is 9.10. The predicted octanol–water partition coefficient (Wildman–Crippen LogP) is 2.31. The molecule has 0 radical (unpaired) electrons. The normalized spacial score (nSPS) is 9.69. The van der Waals surface area contributed by atoms with E-state index in [2.05, 4.69) is 15.9 Å². The van der Waals surface area contributed by atoms with Crippen LogP contribution in [-0.4, -0.2) is 11.2 Å². The summed E-state index contributed by atoms with van der Waals surface area (Å²) < 4.78 is 12.6. The fraction of sp³-hybridized carbons (Fsp3) is 0. The molecule has 13 heavy (non-hydrogen) atoms. The number of rotatable bonds is 2. The Morgan fingerprint density at radius 2 is 2.15 bits per heavy atom. The molecule has 0 amide bonds. The Morgan fingerprint density at radius 1 is 1.54 bits per heavy atom. The van der Waals surface area contributed by atoms with Gasteiger partial charge in [0.2, 0.25) is 0 Å². The van der Waals surface area contributed by atoms with Crippen LogP contribution in [-0.2, 0) is 0 Å². The molecule has 0 aromatic heterocycles. The van der Waals surface area contributed by atoms with Crippen LogP contribution in [0.4, 0.5) is 10.1 Å². The number of hydrogen-bond acceptors (Lipinski definition) is 3. The predicted molar refractivity (Wildman–Crippen MR) is 46.1 cm³/mol. The summed E-state index contributed by atoms with van der Waals surface area (Å²) in [4.78, 5) is 20.0. The maximum absolute atomic E-state index is 12.6. The number of carbonyl (C=O) groups is 1. The first-order chi connectivity index (χ1) is 6.06. The molecule has 0 spiro atoms. The number of benzene rings is 1. The lowest BCUT2D eigenvalue weighted by atomic mass is 10.2. The van der Waals surface area contributed by atoms with Crippen LogP contribution in [0.5, 0.6) is 0 Å². The van der Waals surface area contributed by atoms with E-state index in [0.29, 0.717) is 0 Å². The summed E-state index contributed by atoms with van der Waals surface area (Å²) in [7, 11) is 0. The molecule has 0 heterocycles. The highest BCUT2D eigenvalue weighted by Crippen LogP contribution is 2.28. The summed E-state index contributed by atoms with van der Waals surface area (Å²) in [5.74, 6) is -0.695. The largest absolute Gasteiger partial charge is 0.298 e. The Hall–Kier alpha value is -1.30.